The molecule has 21 heavy (non-hydrogen) atoms. The molecule has 0 aliphatic carbocycles. The van der Waals surface area contributed by atoms with Gasteiger partial charge < -0.3 is 10.1 Å². The van der Waals surface area contributed by atoms with E-state index >= 15 is 0 Å². The minimum atomic E-state index is -3.13. The van der Waals surface area contributed by atoms with Crippen LogP contribution >= 0.6 is 0 Å². The molecule has 0 radical (unpaired) electrons. The standard InChI is InChI=1S/C16H16F3NO/c1-20-10-12-7-14(17)9-15(8-12)21-11-16(18,19)13-5-3-2-4-6-13/h2-9,20H,10-11H2,1H3. The zero-order valence-corrected chi connectivity index (χ0v) is 11.6. The molecule has 1 N–H and O–H groups in total. The summed E-state index contributed by atoms with van der Waals surface area (Å²) < 4.78 is 46.4. The van der Waals surface area contributed by atoms with E-state index in [9.17, 15) is 13.2 Å². The van der Waals surface area contributed by atoms with Gasteiger partial charge in [0.1, 0.15) is 11.6 Å². The predicted molar refractivity (Wildman–Crippen MR) is 75.0 cm³/mol. The van der Waals surface area contributed by atoms with Gasteiger partial charge in [-0.1, -0.05) is 30.3 Å². The number of hydrogen-bond acceptors (Lipinski definition) is 2. The molecule has 0 saturated carbocycles. The SMILES string of the molecule is CNCc1cc(F)cc(OCC(F)(F)c2ccccc2)c1. The lowest BCUT2D eigenvalue weighted by atomic mass is 10.1. The van der Waals surface area contributed by atoms with Crippen molar-refractivity contribution in [2.75, 3.05) is 13.7 Å². The zero-order chi connectivity index (χ0) is 15.3. The molecule has 0 aromatic heterocycles. The van der Waals surface area contributed by atoms with Gasteiger partial charge in [-0.05, 0) is 24.7 Å². The van der Waals surface area contributed by atoms with Gasteiger partial charge in [-0.15, -0.1) is 0 Å². The normalized spacial score (nSPS) is 11.4. The number of rotatable bonds is 6. The average molecular weight is 295 g/mol. The van der Waals surface area contributed by atoms with Crippen molar-refractivity contribution < 1.29 is 17.9 Å². The van der Waals surface area contributed by atoms with E-state index in [1.165, 1.54) is 30.3 Å². The highest BCUT2D eigenvalue weighted by Crippen LogP contribution is 2.29. The summed E-state index contributed by atoms with van der Waals surface area (Å²) in [4.78, 5) is 0. The average Bonchev–Trinajstić information content (AvgIpc) is 2.46. The maximum atomic E-state index is 14.0. The van der Waals surface area contributed by atoms with Crippen molar-refractivity contribution in [3.05, 3.63) is 65.5 Å². The minimum Gasteiger partial charge on any atom is -0.487 e. The summed E-state index contributed by atoms with van der Waals surface area (Å²) in [7, 11) is 1.72. The van der Waals surface area contributed by atoms with Gasteiger partial charge in [0, 0.05) is 18.2 Å². The van der Waals surface area contributed by atoms with E-state index in [0.29, 0.717) is 12.1 Å². The summed E-state index contributed by atoms with van der Waals surface area (Å²) in [5.74, 6) is -3.55. The molecule has 0 aliphatic heterocycles. The van der Waals surface area contributed by atoms with E-state index in [1.807, 2.05) is 0 Å². The Kier molecular flexibility index (Phi) is 4.85. The molecule has 2 nitrogen and oxygen atoms in total. The van der Waals surface area contributed by atoms with Crippen molar-refractivity contribution in [2.24, 2.45) is 0 Å². The minimum absolute atomic E-state index is 0.0934. The third-order valence-electron chi connectivity index (χ3n) is 2.93. The Morgan fingerprint density at radius 1 is 1.10 bits per heavy atom. The molecule has 0 fully saturated rings. The Balaban J connectivity index is 2.09. The number of benzene rings is 2. The van der Waals surface area contributed by atoms with Crippen LogP contribution in [0.4, 0.5) is 13.2 Å². The van der Waals surface area contributed by atoms with E-state index in [2.05, 4.69) is 5.32 Å². The van der Waals surface area contributed by atoms with Crippen molar-refractivity contribution in [3.8, 4) is 5.75 Å². The van der Waals surface area contributed by atoms with Crippen LogP contribution in [0.1, 0.15) is 11.1 Å². The number of alkyl halides is 2. The number of nitrogens with one attached hydrogen (secondary N) is 1. The fourth-order valence-electron chi connectivity index (χ4n) is 1.95. The molecule has 0 unspecified atom stereocenters. The summed E-state index contributed by atoms with van der Waals surface area (Å²) in [6.07, 6.45) is 0. The summed E-state index contributed by atoms with van der Waals surface area (Å²) in [6, 6.07) is 11.4. The molecule has 0 amide bonds. The van der Waals surface area contributed by atoms with Gasteiger partial charge in [0.2, 0.25) is 0 Å². The lowest BCUT2D eigenvalue weighted by Gasteiger charge is -2.18. The second-order valence-corrected chi connectivity index (χ2v) is 4.68. The topological polar surface area (TPSA) is 21.3 Å². The Hall–Kier alpha value is -2.01. The molecule has 2 rings (SSSR count). The van der Waals surface area contributed by atoms with Gasteiger partial charge in [0.25, 0.3) is 0 Å². The van der Waals surface area contributed by atoms with Crippen LogP contribution in [0.2, 0.25) is 0 Å². The highest BCUT2D eigenvalue weighted by Gasteiger charge is 2.32. The molecule has 0 atom stereocenters. The van der Waals surface area contributed by atoms with Crippen LogP contribution in [0.25, 0.3) is 0 Å². The highest BCUT2D eigenvalue weighted by atomic mass is 19.3. The number of halogens is 3. The summed E-state index contributed by atoms with van der Waals surface area (Å²) >= 11 is 0. The maximum Gasteiger partial charge on any atom is 0.306 e. The third kappa shape index (κ3) is 4.23. The molecule has 2 aromatic rings. The molecular weight excluding hydrogens is 279 g/mol. The summed E-state index contributed by atoms with van der Waals surface area (Å²) in [5, 5.41) is 2.87. The largest absolute Gasteiger partial charge is 0.487 e. The van der Waals surface area contributed by atoms with Crippen LogP contribution in [0.15, 0.2) is 48.5 Å². The quantitative estimate of drug-likeness (QED) is 0.877. The monoisotopic (exact) mass is 295 g/mol. The maximum absolute atomic E-state index is 14.0. The fraction of sp³-hybridized carbons (Fsp3) is 0.250. The molecule has 112 valence electrons. The summed E-state index contributed by atoms with van der Waals surface area (Å²) in [6.45, 7) is -0.400. The van der Waals surface area contributed by atoms with Crippen molar-refractivity contribution in [1.29, 1.82) is 0 Å². The molecule has 0 spiro atoms. The first-order chi connectivity index (χ1) is 10.0. The van der Waals surface area contributed by atoms with Crippen LogP contribution < -0.4 is 10.1 Å². The fourth-order valence-corrected chi connectivity index (χ4v) is 1.95. The van der Waals surface area contributed by atoms with Crippen LogP contribution in [-0.4, -0.2) is 13.7 Å². The van der Waals surface area contributed by atoms with Gasteiger partial charge in [-0.3, -0.25) is 0 Å². The first kappa shape index (κ1) is 15.4. The van der Waals surface area contributed by atoms with Gasteiger partial charge in [0.15, 0.2) is 6.61 Å². The van der Waals surface area contributed by atoms with Gasteiger partial charge in [-0.25, -0.2) is 4.39 Å². The van der Waals surface area contributed by atoms with Gasteiger partial charge >= 0.3 is 5.92 Å². The molecule has 2 aromatic carbocycles. The second-order valence-electron chi connectivity index (χ2n) is 4.68. The van der Waals surface area contributed by atoms with E-state index < -0.39 is 18.3 Å². The van der Waals surface area contributed by atoms with Crippen LogP contribution in [-0.2, 0) is 12.5 Å². The molecule has 5 heteroatoms. The molecule has 0 bridgehead atoms. The van der Waals surface area contributed by atoms with Gasteiger partial charge in [0.05, 0.1) is 0 Å². The van der Waals surface area contributed by atoms with Crippen LogP contribution in [0.5, 0.6) is 5.75 Å². The first-order valence-electron chi connectivity index (χ1n) is 6.51. The molecule has 0 heterocycles. The molecule has 0 aliphatic rings. The number of ether oxygens (including phenoxy) is 1. The predicted octanol–water partition coefficient (Wildman–Crippen LogP) is 3.72. The van der Waals surface area contributed by atoms with E-state index in [0.717, 1.165) is 6.07 Å². The smallest absolute Gasteiger partial charge is 0.306 e. The zero-order valence-electron chi connectivity index (χ0n) is 11.6. The second kappa shape index (κ2) is 6.63. The van der Waals surface area contributed by atoms with Crippen molar-refractivity contribution in [3.63, 3.8) is 0 Å². The Labute approximate surface area is 121 Å². The highest BCUT2D eigenvalue weighted by molar-refractivity contribution is 5.30. The Morgan fingerprint density at radius 2 is 1.81 bits per heavy atom. The van der Waals surface area contributed by atoms with Crippen LogP contribution in [0, 0.1) is 5.82 Å². The molecule has 0 saturated heterocycles. The van der Waals surface area contributed by atoms with Crippen LogP contribution in [0.3, 0.4) is 0 Å². The van der Waals surface area contributed by atoms with Crippen molar-refractivity contribution >= 4 is 0 Å². The summed E-state index contributed by atoms with van der Waals surface area (Å²) in [5.41, 5.74) is 0.507. The van der Waals surface area contributed by atoms with Crippen molar-refractivity contribution in [1.82, 2.24) is 5.32 Å². The van der Waals surface area contributed by atoms with Crippen molar-refractivity contribution in [2.45, 2.75) is 12.5 Å². The van der Waals surface area contributed by atoms with Gasteiger partial charge in [-0.2, -0.15) is 8.78 Å². The Morgan fingerprint density at radius 3 is 2.48 bits per heavy atom. The lowest BCUT2D eigenvalue weighted by molar-refractivity contribution is -0.0468. The van der Waals surface area contributed by atoms with E-state index in [4.69, 9.17) is 4.74 Å². The number of hydrogen-bond donors (Lipinski definition) is 1. The lowest BCUT2D eigenvalue weighted by Crippen LogP contribution is -2.23. The Bertz CT molecular complexity index is 587. The third-order valence-corrected chi connectivity index (χ3v) is 2.93. The van der Waals surface area contributed by atoms with E-state index in [-0.39, 0.29) is 11.3 Å². The molecular formula is C16H16F3NO. The van der Waals surface area contributed by atoms with E-state index in [1.54, 1.807) is 19.2 Å². The first-order valence-corrected chi connectivity index (χ1v) is 6.51.